The van der Waals surface area contributed by atoms with Crippen LogP contribution in [0.2, 0.25) is 0 Å². The van der Waals surface area contributed by atoms with Crippen LogP contribution in [0, 0.1) is 0 Å². The lowest BCUT2D eigenvalue weighted by molar-refractivity contribution is 0.0425. The smallest absolute Gasteiger partial charge is 0.298 e. The van der Waals surface area contributed by atoms with Crippen molar-refractivity contribution < 1.29 is 32.9 Å². The number of ether oxygens (including phenoxy) is 2. The molecule has 2 N–H and O–H groups in total. The molecule has 0 radical (unpaired) electrons. The van der Waals surface area contributed by atoms with Crippen LogP contribution in [-0.2, 0) is 5.92 Å². The lowest BCUT2D eigenvalue weighted by Crippen LogP contribution is -2.19. The molecule has 2 aromatic carbocycles. The predicted octanol–water partition coefficient (Wildman–Crippen LogP) is 3.51. The molecule has 0 heterocycles. The van der Waals surface area contributed by atoms with Gasteiger partial charge in [-0.1, -0.05) is 0 Å². The number of benzene rings is 2. The first-order valence-electron chi connectivity index (χ1n) is 8.19. The Balaban J connectivity index is 2.04. The van der Waals surface area contributed by atoms with E-state index in [0.29, 0.717) is 5.75 Å². The normalized spacial score (nSPS) is 13.9. The number of hydrogen-bond acceptors (Lipinski definition) is 4. The third-order valence-corrected chi connectivity index (χ3v) is 4.03. The summed E-state index contributed by atoms with van der Waals surface area (Å²) < 4.78 is 51.9. The maximum Gasteiger partial charge on any atom is 0.298 e. The van der Waals surface area contributed by atoms with Crippen LogP contribution < -0.4 is 9.47 Å². The van der Waals surface area contributed by atoms with Crippen LogP contribution in [-0.4, -0.2) is 48.2 Å². The Kier molecular flexibility index (Phi) is 7.77. The van der Waals surface area contributed by atoms with Crippen molar-refractivity contribution in [2.45, 2.75) is 18.1 Å². The Hall–Kier alpha value is -1.96. The molecular formula is C19H20ClF3O4. The minimum absolute atomic E-state index is 0.0165. The molecule has 0 bridgehead atoms. The van der Waals surface area contributed by atoms with Gasteiger partial charge >= 0.3 is 0 Å². The van der Waals surface area contributed by atoms with E-state index in [2.05, 4.69) is 0 Å². The number of aliphatic hydroxyl groups is 2. The molecule has 0 amide bonds. The van der Waals surface area contributed by atoms with Gasteiger partial charge in [-0.05, 0) is 48.5 Å². The molecule has 0 aliphatic carbocycles. The zero-order chi connectivity index (χ0) is 19.9. The fourth-order valence-corrected chi connectivity index (χ4v) is 2.25. The van der Waals surface area contributed by atoms with Gasteiger partial charge in [-0.15, -0.1) is 11.6 Å². The van der Waals surface area contributed by atoms with Crippen LogP contribution in [0.5, 0.6) is 11.5 Å². The molecule has 0 fully saturated rings. The number of alkyl halides is 4. The zero-order valence-electron chi connectivity index (χ0n) is 14.3. The van der Waals surface area contributed by atoms with E-state index in [9.17, 15) is 18.3 Å². The van der Waals surface area contributed by atoms with E-state index >= 15 is 0 Å². The second-order valence-corrected chi connectivity index (χ2v) is 6.17. The van der Waals surface area contributed by atoms with Gasteiger partial charge in [-0.3, -0.25) is 0 Å². The van der Waals surface area contributed by atoms with E-state index in [1.54, 1.807) is 0 Å². The molecule has 4 nitrogen and oxygen atoms in total. The van der Waals surface area contributed by atoms with Gasteiger partial charge in [-0.2, -0.15) is 8.78 Å². The Morgan fingerprint density at radius 3 is 1.59 bits per heavy atom. The third kappa shape index (κ3) is 6.02. The van der Waals surface area contributed by atoms with E-state index in [0.717, 1.165) is 0 Å². The minimum Gasteiger partial charge on any atom is -0.491 e. The summed E-state index contributed by atoms with van der Waals surface area (Å²) >= 11 is 5.46. The monoisotopic (exact) mass is 404 g/mol. The molecule has 2 aromatic rings. The highest BCUT2D eigenvalue weighted by atomic mass is 35.5. The number of aliphatic hydroxyl groups excluding tert-OH is 2. The predicted molar refractivity (Wildman–Crippen MR) is 95.6 cm³/mol. The minimum atomic E-state index is -3.24. The highest BCUT2D eigenvalue weighted by molar-refractivity contribution is 6.18. The van der Waals surface area contributed by atoms with Crippen LogP contribution in [0.15, 0.2) is 48.5 Å². The summed E-state index contributed by atoms with van der Waals surface area (Å²) in [4.78, 5) is 0. The molecule has 0 aromatic heterocycles. The van der Waals surface area contributed by atoms with Crippen molar-refractivity contribution in [1.82, 2.24) is 0 Å². The molecule has 0 saturated carbocycles. The first kappa shape index (κ1) is 21.3. The second-order valence-electron chi connectivity index (χ2n) is 5.86. The summed E-state index contributed by atoms with van der Waals surface area (Å²) in [5, 5.41) is 18.4. The average molecular weight is 405 g/mol. The zero-order valence-corrected chi connectivity index (χ0v) is 15.1. The molecule has 0 spiro atoms. The van der Waals surface area contributed by atoms with Gasteiger partial charge in [0.15, 0.2) is 0 Å². The maximum absolute atomic E-state index is 14.7. The quantitative estimate of drug-likeness (QED) is 0.595. The maximum atomic E-state index is 14.7. The van der Waals surface area contributed by atoms with E-state index in [4.69, 9.17) is 26.2 Å². The van der Waals surface area contributed by atoms with Gasteiger partial charge in [0.1, 0.15) is 43.6 Å². The fourth-order valence-electron chi connectivity index (χ4n) is 2.16. The lowest BCUT2D eigenvalue weighted by Gasteiger charge is -2.18. The molecule has 27 heavy (non-hydrogen) atoms. The first-order valence-corrected chi connectivity index (χ1v) is 8.72. The number of rotatable bonds is 10. The van der Waals surface area contributed by atoms with Gasteiger partial charge in [0.05, 0.1) is 5.88 Å². The highest BCUT2D eigenvalue weighted by Gasteiger charge is 2.33. The van der Waals surface area contributed by atoms with Gasteiger partial charge < -0.3 is 19.7 Å². The largest absolute Gasteiger partial charge is 0.491 e. The summed E-state index contributed by atoms with van der Waals surface area (Å²) in [5.74, 6) is -2.63. The molecule has 8 heteroatoms. The summed E-state index contributed by atoms with van der Waals surface area (Å²) in [6.45, 7) is -1.23. The van der Waals surface area contributed by atoms with Crippen molar-refractivity contribution >= 4 is 11.6 Å². The van der Waals surface area contributed by atoms with Gasteiger partial charge in [0.25, 0.3) is 5.92 Å². The van der Waals surface area contributed by atoms with Crippen molar-refractivity contribution in [3.05, 3.63) is 59.7 Å². The standard InChI is InChI=1S/C19H20ClF3O4/c20-9-15(24)11-26-17-5-1-13(2-6-17)19(22,23)14-3-7-18(8-4-14)27-12-16(25)10-21/h1-8,15-16,24-25H,9-12H2/t15-,16-/m1/s1. The van der Waals surface area contributed by atoms with Crippen molar-refractivity contribution in [1.29, 1.82) is 0 Å². The summed E-state index contributed by atoms with van der Waals surface area (Å²) in [7, 11) is 0. The molecule has 0 saturated heterocycles. The molecule has 148 valence electrons. The molecule has 2 atom stereocenters. The van der Waals surface area contributed by atoms with Gasteiger partial charge in [0.2, 0.25) is 0 Å². The second kappa shape index (κ2) is 9.82. The Morgan fingerprint density at radius 2 is 1.22 bits per heavy atom. The van der Waals surface area contributed by atoms with Crippen molar-refractivity contribution in [2.75, 3.05) is 25.8 Å². The van der Waals surface area contributed by atoms with Crippen LogP contribution in [0.1, 0.15) is 11.1 Å². The Labute approximate surface area is 160 Å². The van der Waals surface area contributed by atoms with Crippen molar-refractivity contribution in [3.63, 3.8) is 0 Å². The van der Waals surface area contributed by atoms with Gasteiger partial charge in [-0.25, -0.2) is 4.39 Å². The molecule has 2 rings (SSSR count). The first-order chi connectivity index (χ1) is 12.9. The summed E-state index contributed by atoms with van der Waals surface area (Å²) in [5.41, 5.74) is -0.471. The number of halogens is 4. The van der Waals surface area contributed by atoms with Crippen LogP contribution in [0.25, 0.3) is 0 Å². The summed E-state index contributed by atoms with van der Waals surface area (Å²) in [6, 6.07) is 10.3. The topological polar surface area (TPSA) is 58.9 Å². The van der Waals surface area contributed by atoms with Gasteiger partial charge in [0, 0.05) is 11.1 Å². The molecule has 0 aliphatic heterocycles. The molecular weight excluding hydrogens is 385 g/mol. The Bertz CT molecular complexity index is 636. The van der Waals surface area contributed by atoms with E-state index < -0.39 is 24.8 Å². The lowest BCUT2D eigenvalue weighted by atomic mass is 10.0. The van der Waals surface area contributed by atoms with E-state index in [-0.39, 0.29) is 36.0 Å². The Morgan fingerprint density at radius 1 is 0.815 bits per heavy atom. The van der Waals surface area contributed by atoms with Crippen molar-refractivity contribution in [3.8, 4) is 11.5 Å². The number of hydrogen-bond donors (Lipinski definition) is 2. The van der Waals surface area contributed by atoms with Crippen LogP contribution >= 0.6 is 11.6 Å². The van der Waals surface area contributed by atoms with E-state index in [1.807, 2.05) is 0 Å². The summed E-state index contributed by atoms with van der Waals surface area (Å²) in [6.07, 6.45) is -2.09. The molecule has 0 unspecified atom stereocenters. The molecule has 0 aliphatic rings. The fraction of sp³-hybridized carbons (Fsp3) is 0.368. The SMILES string of the molecule is O[C@H](CF)COc1ccc(C(F)(F)c2ccc(OC[C@H](O)CCl)cc2)cc1. The van der Waals surface area contributed by atoms with E-state index in [1.165, 1.54) is 48.5 Å². The highest BCUT2D eigenvalue weighted by Crippen LogP contribution is 2.37. The van der Waals surface area contributed by atoms with Crippen LogP contribution in [0.3, 0.4) is 0 Å². The van der Waals surface area contributed by atoms with Crippen LogP contribution in [0.4, 0.5) is 13.2 Å². The third-order valence-electron chi connectivity index (χ3n) is 3.67. The van der Waals surface area contributed by atoms with Crippen molar-refractivity contribution in [2.24, 2.45) is 0 Å². The average Bonchev–Trinajstić information content (AvgIpc) is 2.70.